The van der Waals surface area contributed by atoms with Crippen LogP contribution in [-0.2, 0) is 18.2 Å². The van der Waals surface area contributed by atoms with Crippen LogP contribution in [0.2, 0.25) is 0 Å². The first-order chi connectivity index (χ1) is 16.1. The summed E-state index contributed by atoms with van der Waals surface area (Å²) in [6.07, 6.45) is 1.63. The molecule has 180 valence electrons. The Balaban J connectivity index is 1.56. The number of nitrogens with one attached hydrogen (secondary N) is 1. The highest BCUT2D eigenvalue weighted by Gasteiger charge is 2.28. The minimum absolute atomic E-state index is 0.00874. The second kappa shape index (κ2) is 8.92. The van der Waals surface area contributed by atoms with Crippen molar-refractivity contribution in [3.05, 3.63) is 41.7 Å². The van der Waals surface area contributed by atoms with Crippen molar-refractivity contribution < 1.29 is 18.7 Å². The lowest BCUT2D eigenvalue weighted by Gasteiger charge is -2.26. The predicted molar refractivity (Wildman–Crippen MR) is 128 cm³/mol. The van der Waals surface area contributed by atoms with Crippen LogP contribution in [0, 0.1) is 0 Å². The highest BCUT2D eigenvalue weighted by atomic mass is 19.1. The van der Waals surface area contributed by atoms with E-state index in [1.165, 1.54) is 11.1 Å². The van der Waals surface area contributed by atoms with Crippen molar-refractivity contribution in [2.24, 2.45) is 7.05 Å². The van der Waals surface area contributed by atoms with Gasteiger partial charge in [-0.2, -0.15) is 0 Å². The minimum atomic E-state index is -0.706. The van der Waals surface area contributed by atoms with Crippen molar-refractivity contribution in [1.29, 1.82) is 0 Å². The van der Waals surface area contributed by atoms with Crippen LogP contribution < -0.4 is 10.2 Å². The van der Waals surface area contributed by atoms with E-state index in [0.717, 1.165) is 17.5 Å². The van der Waals surface area contributed by atoms with E-state index < -0.39 is 18.4 Å². The fourth-order valence-electron chi connectivity index (χ4n) is 4.00. The van der Waals surface area contributed by atoms with Gasteiger partial charge in [0.25, 0.3) is 5.91 Å². The van der Waals surface area contributed by atoms with Crippen LogP contribution in [0.1, 0.15) is 36.8 Å². The molecule has 0 spiro atoms. The molecule has 0 fully saturated rings. The van der Waals surface area contributed by atoms with Crippen molar-refractivity contribution in [2.45, 2.75) is 32.8 Å². The lowest BCUT2D eigenvalue weighted by molar-refractivity contribution is 0.0577. The van der Waals surface area contributed by atoms with E-state index in [0.29, 0.717) is 35.1 Å². The van der Waals surface area contributed by atoms with Gasteiger partial charge in [-0.1, -0.05) is 0 Å². The van der Waals surface area contributed by atoms with Crippen molar-refractivity contribution in [3.8, 4) is 0 Å². The van der Waals surface area contributed by atoms with Crippen molar-refractivity contribution in [1.82, 2.24) is 19.4 Å². The quantitative estimate of drug-likeness (QED) is 0.607. The van der Waals surface area contributed by atoms with E-state index in [4.69, 9.17) is 9.72 Å². The smallest absolute Gasteiger partial charge is 0.414 e. The van der Waals surface area contributed by atoms with Gasteiger partial charge >= 0.3 is 6.09 Å². The molecule has 3 aromatic heterocycles. The number of pyridine rings is 2. The van der Waals surface area contributed by atoms with Gasteiger partial charge in [0, 0.05) is 38.1 Å². The number of carbonyl (C=O) groups is 2. The molecule has 0 atom stereocenters. The number of carbonyl (C=O) groups excluding carboxylic acids is 2. The van der Waals surface area contributed by atoms with Crippen molar-refractivity contribution in [3.63, 3.8) is 0 Å². The van der Waals surface area contributed by atoms with Gasteiger partial charge in [0.15, 0.2) is 0 Å². The SMILES string of the molecule is CN1CCc2c(c3ccc(Nc4ccc(N(CCF)C(=O)OC(C)(C)C)cn4)nc3n2C)C1=O. The van der Waals surface area contributed by atoms with E-state index in [2.05, 4.69) is 10.3 Å². The third kappa shape index (κ3) is 4.52. The Hall–Kier alpha value is -3.69. The van der Waals surface area contributed by atoms with Crippen LogP contribution in [0.15, 0.2) is 30.5 Å². The zero-order valence-electron chi connectivity index (χ0n) is 20.1. The Kier molecular flexibility index (Phi) is 6.16. The number of rotatable bonds is 5. The van der Waals surface area contributed by atoms with Gasteiger partial charge in [-0.3, -0.25) is 9.69 Å². The largest absolute Gasteiger partial charge is 0.443 e. The molecule has 2 amide bonds. The molecule has 0 radical (unpaired) electrons. The predicted octanol–water partition coefficient (Wildman–Crippen LogP) is 4.05. The monoisotopic (exact) mass is 468 g/mol. The fraction of sp³-hybridized carbons (Fsp3) is 0.417. The molecule has 3 aromatic rings. The number of fused-ring (bicyclic) bond motifs is 3. The van der Waals surface area contributed by atoms with Crippen LogP contribution in [0.4, 0.5) is 26.5 Å². The number of anilines is 3. The Labute approximate surface area is 197 Å². The van der Waals surface area contributed by atoms with Crippen LogP contribution >= 0.6 is 0 Å². The van der Waals surface area contributed by atoms with Crippen LogP contribution in [-0.4, -0.2) is 63.8 Å². The average molecular weight is 469 g/mol. The van der Waals surface area contributed by atoms with Gasteiger partial charge in [-0.15, -0.1) is 0 Å². The molecule has 4 rings (SSSR count). The van der Waals surface area contributed by atoms with Crippen molar-refractivity contribution in [2.75, 3.05) is 37.0 Å². The molecule has 0 aliphatic carbocycles. The second-order valence-corrected chi connectivity index (χ2v) is 9.27. The molecule has 1 N–H and O–H groups in total. The van der Waals surface area contributed by atoms with Gasteiger partial charge in [-0.05, 0) is 45.0 Å². The minimum Gasteiger partial charge on any atom is -0.443 e. The number of amides is 2. The molecule has 0 unspecified atom stereocenters. The molecule has 4 heterocycles. The number of halogens is 1. The Bertz CT molecular complexity index is 1230. The van der Waals surface area contributed by atoms with Crippen molar-refractivity contribution >= 4 is 40.4 Å². The molecule has 1 aliphatic heterocycles. The average Bonchev–Trinajstić information content (AvgIpc) is 3.06. The molecule has 0 aromatic carbocycles. The lowest BCUT2D eigenvalue weighted by Crippen LogP contribution is -2.38. The summed E-state index contributed by atoms with van der Waals surface area (Å²) in [6.45, 7) is 5.11. The summed E-state index contributed by atoms with van der Waals surface area (Å²) in [5.41, 5.74) is 2.15. The molecule has 0 saturated carbocycles. The Morgan fingerprint density at radius 2 is 1.94 bits per heavy atom. The summed E-state index contributed by atoms with van der Waals surface area (Å²) >= 11 is 0. The highest BCUT2D eigenvalue weighted by Crippen LogP contribution is 2.30. The zero-order chi connectivity index (χ0) is 24.6. The maximum Gasteiger partial charge on any atom is 0.414 e. The van der Waals surface area contributed by atoms with E-state index in [1.807, 2.05) is 17.7 Å². The molecule has 0 bridgehead atoms. The number of ether oxygens (including phenoxy) is 1. The van der Waals surface area contributed by atoms with E-state index in [-0.39, 0.29) is 12.5 Å². The lowest BCUT2D eigenvalue weighted by atomic mass is 10.1. The number of hydrogen-bond acceptors (Lipinski definition) is 6. The van der Waals surface area contributed by atoms with Gasteiger partial charge in [0.1, 0.15) is 29.6 Å². The maximum absolute atomic E-state index is 13.1. The first-order valence-corrected chi connectivity index (χ1v) is 11.1. The standard InChI is InChI=1S/C24H29FN6O3/c1-24(2,3)34-23(33)31(13-11-25)15-6-8-18(26-14-15)27-19-9-7-16-20-17(30(5)21(16)28-19)10-12-29(4)22(20)32/h6-9,14H,10-13H2,1-5H3,(H,26,27,28). The first-order valence-electron chi connectivity index (χ1n) is 11.1. The molecule has 1 aliphatic rings. The molecular weight excluding hydrogens is 439 g/mol. The molecule has 0 saturated heterocycles. The molecular formula is C24H29FN6O3. The van der Waals surface area contributed by atoms with Gasteiger partial charge < -0.3 is 19.5 Å². The van der Waals surface area contributed by atoms with E-state index in [1.54, 1.807) is 50.9 Å². The summed E-state index contributed by atoms with van der Waals surface area (Å²) in [7, 11) is 3.72. The van der Waals surface area contributed by atoms with E-state index >= 15 is 0 Å². The summed E-state index contributed by atoms with van der Waals surface area (Å²) < 4.78 is 20.4. The molecule has 10 heteroatoms. The summed E-state index contributed by atoms with van der Waals surface area (Å²) in [5.74, 6) is 1.09. The normalized spacial score (nSPS) is 13.7. The number of nitrogens with zero attached hydrogens (tertiary/aromatic N) is 5. The van der Waals surface area contributed by atoms with Crippen LogP contribution in [0.5, 0.6) is 0 Å². The number of hydrogen-bond donors (Lipinski definition) is 1. The van der Waals surface area contributed by atoms with Gasteiger partial charge in [0.05, 0.1) is 24.0 Å². The number of alkyl halides is 1. The highest BCUT2D eigenvalue weighted by molar-refractivity contribution is 6.08. The van der Waals surface area contributed by atoms with Crippen LogP contribution in [0.3, 0.4) is 0 Å². The topological polar surface area (TPSA) is 92.6 Å². The Morgan fingerprint density at radius 1 is 1.21 bits per heavy atom. The van der Waals surface area contributed by atoms with Gasteiger partial charge in [0.2, 0.25) is 0 Å². The summed E-state index contributed by atoms with van der Waals surface area (Å²) in [6, 6.07) is 7.05. The number of likely N-dealkylation sites (N-methyl/N-ethyl adjacent to an activating group) is 1. The third-order valence-electron chi connectivity index (χ3n) is 5.64. The molecule has 34 heavy (non-hydrogen) atoms. The summed E-state index contributed by atoms with van der Waals surface area (Å²) in [4.78, 5) is 37.1. The van der Waals surface area contributed by atoms with E-state index in [9.17, 15) is 14.0 Å². The Morgan fingerprint density at radius 3 is 2.59 bits per heavy atom. The second-order valence-electron chi connectivity index (χ2n) is 9.27. The first kappa shape index (κ1) is 23.5. The van der Waals surface area contributed by atoms with Gasteiger partial charge in [-0.25, -0.2) is 19.2 Å². The number of aryl methyl sites for hydroxylation is 1. The maximum atomic E-state index is 13.1. The fourth-order valence-corrected chi connectivity index (χ4v) is 4.00. The van der Waals surface area contributed by atoms with Crippen LogP contribution in [0.25, 0.3) is 11.0 Å². The zero-order valence-corrected chi connectivity index (χ0v) is 20.1. The summed E-state index contributed by atoms with van der Waals surface area (Å²) in [5, 5.41) is 3.97. The number of aromatic nitrogens is 3. The third-order valence-corrected chi connectivity index (χ3v) is 5.64. The molecule has 9 nitrogen and oxygen atoms in total.